The van der Waals surface area contributed by atoms with E-state index in [1.54, 1.807) is 17.4 Å². The summed E-state index contributed by atoms with van der Waals surface area (Å²) in [5, 5.41) is 15.8. The molecule has 126 valence electrons. The van der Waals surface area contributed by atoms with Gasteiger partial charge in [0.25, 0.3) is 5.69 Å². The van der Waals surface area contributed by atoms with Crippen LogP contribution in [0.5, 0.6) is 0 Å². The molecule has 7 heteroatoms. The number of amides is 1. The number of carbonyl (C=O) groups excluding carboxylic acids is 1. The molecule has 24 heavy (non-hydrogen) atoms. The maximum Gasteiger partial charge on any atom is 0.271 e. The fourth-order valence-electron chi connectivity index (χ4n) is 3.05. The number of likely N-dealkylation sites (tertiary alicyclic amines) is 1. The molecule has 0 spiro atoms. The smallest absolute Gasteiger partial charge is 0.271 e. The first-order valence-corrected chi connectivity index (χ1v) is 8.75. The summed E-state index contributed by atoms with van der Waals surface area (Å²) < 4.78 is 0. The first-order chi connectivity index (χ1) is 11.5. The van der Waals surface area contributed by atoms with Gasteiger partial charge in [0.05, 0.1) is 17.2 Å². The maximum absolute atomic E-state index is 12.4. The largest absolute Gasteiger partial charge is 0.324 e. The molecule has 0 radical (unpaired) electrons. The molecule has 1 aliphatic rings. The Labute approximate surface area is 144 Å². The van der Waals surface area contributed by atoms with Gasteiger partial charge >= 0.3 is 0 Å². The normalized spacial score (nSPS) is 17.8. The molecule has 1 saturated heterocycles. The van der Waals surface area contributed by atoms with Crippen molar-refractivity contribution in [3.8, 4) is 0 Å². The van der Waals surface area contributed by atoms with E-state index in [1.807, 2.05) is 13.0 Å². The van der Waals surface area contributed by atoms with Gasteiger partial charge in [0, 0.05) is 23.1 Å². The van der Waals surface area contributed by atoms with Crippen molar-refractivity contribution in [3.05, 3.63) is 56.3 Å². The number of non-ortho nitro benzene ring substituents is 1. The Morgan fingerprint density at radius 1 is 1.46 bits per heavy atom. The van der Waals surface area contributed by atoms with Crippen LogP contribution in [0.15, 0.2) is 35.7 Å². The van der Waals surface area contributed by atoms with E-state index in [0.717, 1.165) is 24.9 Å². The Morgan fingerprint density at radius 2 is 2.29 bits per heavy atom. The molecule has 1 aromatic carbocycles. The number of nitrogens with one attached hydrogen (secondary N) is 1. The molecule has 1 aromatic heterocycles. The highest BCUT2D eigenvalue weighted by Crippen LogP contribution is 2.34. The predicted octanol–water partition coefficient (Wildman–Crippen LogP) is 3.74. The van der Waals surface area contributed by atoms with Crippen molar-refractivity contribution in [1.29, 1.82) is 0 Å². The number of aryl methyl sites for hydroxylation is 1. The molecule has 1 atom stereocenters. The van der Waals surface area contributed by atoms with E-state index >= 15 is 0 Å². The third kappa shape index (κ3) is 3.63. The number of hydrogen-bond acceptors (Lipinski definition) is 5. The summed E-state index contributed by atoms with van der Waals surface area (Å²) >= 11 is 1.71. The van der Waals surface area contributed by atoms with E-state index in [0.29, 0.717) is 18.3 Å². The molecule has 3 rings (SSSR count). The van der Waals surface area contributed by atoms with E-state index in [-0.39, 0.29) is 11.6 Å². The van der Waals surface area contributed by atoms with Crippen molar-refractivity contribution >= 4 is 28.6 Å². The van der Waals surface area contributed by atoms with Crippen molar-refractivity contribution in [2.45, 2.75) is 25.8 Å². The Hall–Kier alpha value is -2.25. The number of nitro groups is 1. The number of rotatable bonds is 5. The molecular formula is C17H19N3O3S. The van der Waals surface area contributed by atoms with E-state index in [4.69, 9.17) is 0 Å². The lowest BCUT2D eigenvalue weighted by molar-refractivity contribution is -0.384. The molecular weight excluding hydrogens is 326 g/mol. The second kappa shape index (κ2) is 7.11. The van der Waals surface area contributed by atoms with Crippen LogP contribution in [0.2, 0.25) is 0 Å². The Morgan fingerprint density at radius 3 is 3.00 bits per heavy atom. The molecule has 2 heterocycles. The number of nitro benzene ring substituents is 1. The van der Waals surface area contributed by atoms with Gasteiger partial charge in [0.2, 0.25) is 5.91 Å². The second-order valence-electron chi connectivity index (χ2n) is 5.95. The lowest BCUT2D eigenvalue weighted by Gasteiger charge is -2.23. The lowest BCUT2D eigenvalue weighted by Crippen LogP contribution is -2.32. The summed E-state index contributed by atoms with van der Waals surface area (Å²) in [5.41, 5.74) is 1.29. The van der Waals surface area contributed by atoms with Gasteiger partial charge < -0.3 is 5.32 Å². The van der Waals surface area contributed by atoms with Gasteiger partial charge in [-0.3, -0.25) is 19.8 Å². The molecule has 0 unspecified atom stereocenters. The third-order valence-corrected chi connectivity index (χ3v) is 5.26. The van der Waals surface area contributed by atoms with Crippen molar-refractivity contribution < 1.29 is 9.72 Å². The summed E-state index contributed by atoms with van der Waals surface area (Å²) in [4.78, 5) is 26.3. The zero-order valence-electron chi connectivity index (χ0n) is 13.4. The number of anilines is 1. The molecule has 1 amide bonds. The van der Waals surface area contributed by atoms with Crippen LogP contribution in [-0.4, -0.2) is 28.8 Å². The van der Waals surface area contributed by atoms with E-state index in [2.05, 4.69) is 21.7 Å². The number of thiophene rings is 1. The highest BCUT2D eigenvalue weighted by molar-refractivity contribution is 7.10. The van der Waals surface area contributed by atoms with E-state index in [9.17, 15) is 14.9 Å². The minimum Gasteiger partial charge on any atom is -0.324 e. The fourth-order valence-corrected chi connectivity index (χ4v) is 3.95. The van der Waals surface area contributed by atoms with Crippen molar-refractivity contribution in [2.24, 2.45) is 0 Å². The summed E-state index contributed by atoms with van der Waals surface area (Å²) in [6.07, 6.45) is 2.13. The predicted molar refractivity (Wildman–Crippen MR) is 94.3 cm³/mol. The van der Waals surface area contributed by atoms with Crippen LogP contribution >= 0.6 is 11.3 Å². The van der Waals surface area contributed by atoms with Crippen molar-refractivity contribution in [2.75, 3.05) is 18.4 Å². The second-order valence-corrected chi connectivity index (χ2v) is 6.93. The van der Waals surface area contributed by atoms with Crippen LogP contribution < -0.4 is 5.32 Å². The number of hydrogen-bond donors (Lipinski definition) is 1. The van der Waals surface area contributed by atoms with Gasteiger partial charge in [0.15, 0.2) is 0 Å². The van der Waals surface area contributed by atoms with Crippen LogP contribution in [-0.2, 0) is 4.79 Å². The minimum absolute atomic E-state index is 0.0199. The topological polar surface area (TPSA) is 75.5 Å². The van der Waals surface area contributed by atoms with Gasteiger partial charge in [-0.05, 0) is 43.3 Å². The average molecular weight is 345 g/mol. The summed E-state index contributed by atoms with van der Waals surface area (Å²) in [6.45, 7) is 3.01. The van der Waals surface area contributed by atoms with Crippen LogP contribution in [0, 0.1) is 17.0 Å². The SMILES string of the molecule is Cc1ccc([N+](=O)[O-])cc1NC(=O)CN1CCC[C@H]1c1cccs1. The molecule has 0 bridgehead atoms. The monoisotopic (exact) mass is 345 g/mol. The quantitative estimate of drug-likeness (QED) is 0.661. The first-order valence-electron chi connectivity index (χ1n) is 7.87. The maximum atomic E-state index is 12.4. The van der Waals surface area contributed by atoms with Crippen molar-refractivity contribution in [1.82, 2.24) is 4.90 Å². The van der Waals surface area contributed by atoms with Gasteiger partial charge in [-0.1, -0.05) is 12.1 Å². The standard InChI is InChI=1S/C17H19N3O3S/c1-12-6-7-13(20(22)23)10-14(12)18-17(21)11-19-8-2-4-15(19)16-5-3-9-24-16/h3,5-7,9-10,15H,2,4,8,11H2,1H3,(H,18,21)/t15-/m0/s1. The lowest BCUT2D eigenvalue weighted by atomic mass is 10.1. The molecule has 6 nitrogen and oxygen atoms in total. The molecule has 0 aliphatic carbocycles. The highest BCUT2D eigenvalue weighted by atomic mass is 32.1. The molecule has 1 N–H and O–H groups in total. The number of benzene rings is 1. The molecule has 1 fully saturated rings. The summed E-state index contributed by atoms with van der Waals surface area (Å²) in [6, 6.07) is 8.94. The van der Waals surface area contributed by atoms with E-state index in [1.165, 1.54) is 17.0 Å². The average Bonchev–Trinajstić information content (AvgIpc) is 3.20. The Bertz CT molecular complexity index is 746. The van der Waals surface area contributed by atoms with Gasteiger partial charge in [-0.2, -0.15) is 0 Å². The van der Waals surface area contributed by atoms with Gasteiger partial charge in [-0.25, -0.2) is 0 Å². The molecule has 2 aromatic rings. The van der Waals surface area contributed by atoms with Crippen molar-refractivity contribution in [3.63, 3.8) is 0 Å². The van der Waals surface area contributed by atoms with E-state index < -0.39 is 4.92 Å². The van der Waals surface area contributed by atoms with Crippen LogP contribution in [0.4, 0.5) is 11.4 Å². The Kier molecular flexibility index (Phi) is 4.92. The first kappa shape index (κ1) is 16.6. The zero-order chi connectivity index (χ0) is 17.1. The minimum atomic E-state index is -0.456. The zero-order valence-corrected chi connectivity index (χ0v) is 14.2. The molecule has 0 saturated carbocycles. The summed E-state index contributed by atoms with van der Waals surface area (Å²) in [7, 11) is 0. The highest BCUT2D eigenvalue weighted by Gasteiger charge is 2.28. The summed E-state index contributed by atoms with van der Waals surface area (Å²) in [5.74, 6) is -0.137. The fraction of sp³-hybridized carbons (Fsp3) is 0.353. The van der Waals surface area contributed by atoms with Gasteiger partial charge in [-0.15, -0.1) is 11.3 Å². The number of nitrogens with zero attached hydrogens (tertiary/aromatic N) is 2. The number of carbonyl (C=O) groups is 1. The van der Waals surface area contributed by atoms with Crippen LogP contribution in [0.3, 0.4) is 0 Å². The van der Waals surface area contributed by atoms with Crippen LogP contribution in [0.25, 0.3) is 0 Å². The van der Waals surface area contributed by atoms with Crippen LogP contribution in [0.1, 0.15) is 29.3 Å². The molecule has 1 aliphatic heterocycles. The van der Waals surface area contributed by atoms with Gasteiger partial charge in [0.1, 0.15) is 0 Å². The Balaban J connectivity index is 1.67. The third-order valence-electron chi connectivity index (χ3n) is 4.29.